The summed E-state index contributed by atoms with van der Waals surface area (Å²) in [6.07, 6.45) is -0.607. The lowest BCUT2D eigenvalue weighted by molar-refractivity contribution is -0.142. The maximum atomic E-state index is 12.3. The molecule has 1 aromatic heterocycles. The van der Waals surface area contributed by atoms with Gasteiger partial charge in [0.1, 0.15) is 0 Å². The van der Waals surface area contributed by atoms with Crippen molar-refractivity contribution in [3.63, 3.8) is 0 Å². The Hall–Kier alpha value is -2.25. The summed E-state index contributed by atoms with van der Waals surface area (Å²) in [5.41, 5.74) is 0.440. The van der Waals surface area contributed by atoms with E-state index in [2.05, 4.69) is 4.98 Å². The Morgan fingerprint density at radius 1 is 1.04 bits per heavy atom. The summed E-state index contributed by atoms with van der Waals surface area (Å²) in [5.74, 6) is -6.39. The van der Waals surface area contributed by atoms with Crippen molar-refractivity contribution in [1.82, 2.24) is 4.98 Å². The highest BCUT2D eigenvalue weighted by molar-refractivity contribution is 7.58. The topological polar surface area (TPSA) is 162 Å². The van der Waals surface area contributed by atoms with E-state index in [1.165, 1.54) is 6.20 Å². The standard InChI is InChI=1S/C15H20NO8P/c17-13(18)5-4-10(14(19)20)8-25(23,24)9-11(15(21)22)7-12-3-1-2-6-16-12/h1-3,6,10-11H,4-5,7-9H2,(H,17,18)(H,19,20)(H,21,22)(H,23,24). The van der Waals surface area contributed by atoms with Crippen molar-refractivity contribution in [3.05, 3.63) is 30.1 Å². The van der Waals surface area contributed by atoms with Crippen LogP contribution in [0.5, 0.6) is 0 Å². The molecule has 138 valence electrons. The second-order valence-corrected chi connectivity index (χ2v) is 8.16. The van der Waals surface area contributed by atoms with Crippen LogP contribution in [0.15, 0.2) is 24.4 Å². The molecule has 1 heterocycles. The number of carboxylic acid groups (broad SMARTS) is 3. The number of pyridine rings is 1. The fraction of sp³-hybridized carbons (Fsp3) is 0.467. The first kappa shape index (κ1) is 20.8. The minimum Gasteiger partial charge on any atom is -0.481 e. The van der Waals surface area contributed by atoms with Gasteiger partial charge in [-0.15, -0.1) is 0 Å². The number of hydrogen-bond donors (Lipinski definition) is 4. The second-order valence-electron chi connectivity index (χ2n) is 5.74. The van der Waals surface area contributed by atoms with E-state index >= 15 is 0 Å². The molecule has 4 N–H and O–H groups in total. The summed E-state index contributed by atoms with van der Waals surface area (Å²) in [6.45, 7) is 0. The molecule has 0 aromatic carbocycles. The molecule has 9 nitrogen and oxygen atoms in total. The van der Waals surface area contributed by atoms with Gasteiger partial charge < -0.3 is 20.2 Å². The first-order valence-corrected chi connectivity index (χ1v) is 9.52. The Kier molecular flexibility index (Phi) is 7.73. The maximum Gasteiger partial charge on any atom is 0.307 e. The second kappa shape index (κ2) is 9.29. The predicted molar refractivity (Wildman–Crippen MR) is 86.6 cm³/mol. The molecule has 0 aliphatic heterocycles. The summed E-state index contributed by atoms with van der Waals surface area (Å²) in [7, 11) is -4.09. The van der Waals surface area contributed by atoms with Crippen molar-refractivity contribution >= 4 is 25.3 Å². The average molecular weight is 373 g/mol. The number of carbonyl (C=O) groups is 3. The molecular weight excluding hydrogens is 353 g/mol. The van der Waals surface area contributed by atoms with Crippen LogP contribution in [0.4, 0.5) is 0 Å². The summed E-state index contributed by atoms with van der Waals surface area (Å²) in [6, 6.07) is 4.90. The molecule has 0 saturated heterocycles. The van der Waals surface area contributed by atoms with Crippen molar-refractivity contribution in [1.29, 1.82) is 0 Å². The van der Waals surface area contributed by atoms with Crippen LogP contribution in [0.2, 0.25) is 0 Å². The molecule has 0 spiro atoms. The molecule has 25 heavy (non-hydrogen) atoms. The van der Waals surface area contributed by atoms with Gasteiger partial charge in [-0.25, -0.2) is 0 Å². The summed E-state index contributed by atoms with van der Waals surface area (Å²) >= 11 is 0. The zero-order valence-corrected chi connectivity index (χ0v) is 14.2. The molecular formula is C15H20NO8P. The van der Waals surface area contributed by atoms with Crippen LogP contribution in [0.3, 0.4) is 0 Å². The highest BCUT2D eigenvalue weighted by atomic mass is 31.2. The van der Waals surface area contributed by atoms with Crippen LogP contribution < -0.4 is 0 Å². The third-order valence-electron chi connectivity index (χ3n) is 3.60. The lowest BCUT2D eigenvalue weighted by Gasteiger charge is -2.20. The molecule has 0 radical (unpaired) electrons. The Morgan fingerprint density at radius 2 is 1.64 bits per heavy atom. The van der Waals surface area contributed by atoms with E-state index in [-0.39, 0.29) is 12.8 Å². The van der Waals surface area contributed by atoms with Gasteiger partial charge >= 0.3 is 17.9 Å². The highest BCUT2D eigenvalue weighted by Crippen LogP contribution is 2.45. The molecule has 0 amide bonds. The Balaban J connectivity index is 2.79. The van der Waals surface area contributed by atoms with E-state index in [0.29, 0.717) is 5.69 Å². The van der Waals surface area contributed by atoms with Gasteiger partial charge in [0.2, 0.25) is 7.37 Å². The molecule has 3 atom stereocenters. The zero-order chi connectivity index (χ0) is 19.0. The normalized spacial score (nSPS) is 15.7. The lowest BCUT2D eigenvalue weighted by Crippen LogP contribution is -2.25. The number of carboxylic acids is 3. The smallest absolute Gasteiger partial charge is 0.307 e. The van der Waals surface area contributed by atoms with Gasteiger partial charge in [-0.1, -0.05) is 6.07 Å². The van der Waals surface area contributed by atoms with Gasteiger partial charge in [0.15, 0.2) is 0 Å². The molecule has 0 bridgehead atoms. The third-order valence-corrected chi connectivity index (χ3v) is 5.62. The van der Waals surface area contributed by atoms with Crippen molar-refractivity contribution < 1.29 is 39.2 Å². The minimum atomic E-state index is -4.09. The minimum absolute atomic E-state index is 0.0619. The monoisotopic (exact) mass is 373 g/mol. The molecule has 10 heteroatoms. The Bertz CT molecular complexity index is 663. The van der Waals surface area contributed by atoms with Gasteiger partial charge in [0.05, 0.1) is 11.8 Å². The van der Waals surface area contributed by atoms with E-state index < -0.39 is 55.9 Å². The van der Waals surface area contributed by atoms with E-state index in [0.717, 1.165) is 0 Å². The zero-order valence-electron chi connectivity index (χ0n) is 13.3. The third kappa shape index (κ3) is 7.91. The van der Waals surface area contributed by atoms with Gasteiger partial charge in [-0.2, -0.15) is 0 Å². The summed E-state index contributed by atoms with van der Waals surface area (Å²) < 4.78 is 12.3. The summed E-state index contributed by atoms with van der Waals surface area (Å²) in [5, 5.41) is 27.0. The van der Waals surface area contributed by atoms with Crippen LogP contribution in [0.1, 0.15) is 18.5 Å². The van der Waals surface area contributed by atoms with Gasteiger partial charge in [-0.3, -0.25) is 23.9 Å². The van der Waals surface area contributed by atoms with E-state index in [1.807, 2.05) is 0 Å². The Morgan fingerprint density at radius 3 is 2.12 bits per heavy atom. The quantitative estimate of drug-likeness (QED) is 0.417. The first-order chi connectivity index (χ1) is 11.6. The first-order valence-electron chi connectivity index (χ1n) is 7.49. The van der Waals surface area contributed by atoms with Gasteiger partial charge in [-0.05, 0) is 18.6 Å². The fourth-order valence-corrected chi connectivity index (χ4v) is 4.51. The van der Waals surface area contributed by atoms with Crippen LogP contribution in [-0.4, -0.2) is 55.4 Å². The van der Waals surface area contributed by atoms with Crippen molar-refractivity contribution in [2.45, 2.75) is 19.3 Å². The Labute approximate surface area is 143 Å². The van der Waals surface area contributed by atoms with Crippen molar-refractivity contribution in [2.75, 3.05) is 12.3 Å². The van der Waals surface area contributed by atoms with E-state index in [4.69, 9.17) is 10.2 Å². The van der Waals surface area contributed by atoms with Crippen LogP contribution in [0.25, 0.3) is 0 Å². The average Bonchev–Trinajstić information content (AvgIpc) is 2.51. The lowest BCUT2D eigenvalue weighted by atomic mass is 10.1. The summed E-state index contributed by atoms with van der Waals surface area (Å²) in [4.78, 5) is 47.1. The maximum absolute atomic E-state index is 12.3. The number of nitrogens with zero attached hydrogens (tertiary/aromatic N) is 1. The molecule has 1 rings (SSSR count). The van der Waals surface area contributed by atoms with Crippen molar-refractivity contribution in [2.24, 2.45) is 11.8 Å². The molecule has 0 aliphatic rings. The molecule has 1 aromatic rings. The van der Waals surface area contributed by atoms with Gasteiger partial charge in [0.25, 0.3) is 0 Å². The van der Waals surface area contributed by atoms with Crippen LogP contribution >= 0.6 is 7.37 Å². The number of aliphatic carboxylic acids is 3. The van der Waals surface area contributed by atoms with Crippen LogP contribution in [-0.2, 0) is 25.4 Å². The SMILES string of the molecule is O=C(O)CCC(CP(=O)(O)CC(Cc1ccccn1)C(=O)O)C(=O)O. The van der Waals surface area contributed by atoms with Crippen molar-refractivity contribution in [3.8, 4) is 0 Å². The number of hydrogen-bond acceptors (Lipinski definition) is 5. The van der Waals surface area contributed by atoms with Gasteiger partial charge in [0, 0.05) is 37.1 Å². The van der Waals surface area contributed by atoms with E-state index in [9.17, 15) is 28.9 Å². The molecule has 0 fully saturated rings. The highest BCUT2D eigenvalue weighted by Gasteiger charge is 2.34. The molecule has 0 aliphatic carbocycles. The molecule has 3 unspecified atom stereocenters. The number of aromatic nitrogens is 1. The van der Waals surface area contributed by atoms with Crippen LogP contribution in [0, 0.1) is 11.8 Å². The number of rotatable bonds is 11. The largest absolute Gasteiger partial charge is 0.481 e. The molecule has 0 saturated carbocycles. The fourth-order valence-electron chi connectivity index (χ4n) is 2.36. The predicted octanol–water partition coefficient (Wildman–Crippen LogP) is 1.16. The van der Waals surface area contributed by atoms with E-state index in [1.54, 1.807) is 18.2 Å².